The number of rotatable bonds is 5. The molecule has 1 aromatic carbocycles. The van der Waals surface area contributed by atoms with Crippen molar-refractivity contribution in [1.82, 2.24) is 29.6 Å². The first-order valence-electron chi connectivity index (χ1n) is 13.6. The minimum Gasteiger partial charge on any atom is -0.461 e. The summed E-state index contributed by atoms with van der Waals surface area (Å²) in [4.78, 5) is 18.3. The standard InChI is InChI=1S/C28H31F2N7O/c1-35-25-18(14-32-35)7-5-8-20(25)23-22(30)24-21(15-31-23)26(36-10-3-2-4-11-36)34-27(33-24)38-17-28-9-6-12-37(28)16-19(29)13-28/h5,7-8,14-15,19H,2-4,6,9-13,16-17H2,1H3/t19-,28?/m1/s1. The molecule has 7 rings (SSSR count). The van der Waals surface area contributed by atoms with Crippen molar-refractivity contribution in [2.24, 2.45) is 7.05 Å². The average molecular weight is 520 g/mol. The summed E-state index contributed by atoms with van der Waals surface area (Å²) >= 11 is 0. The van der Waals surface area contributed by atoms with Crippen LogP contribution in [0, 0.1) is 5.82 Å². The molecule has 3 saturated heterocycles. The molecule has 1 unspecified atom stereocenters. The van der Waals surface area contributed by atoms with Crippen LogP contribution >= 0.6 is 0 Å². The predicted octanol–water partition coefficient (Wildman–Crippen LogP) is 4.66. The summed E-state index contributed by atoms with van der Waals surface area (Å²) < 4.78 is 38.6. The van der Waals surface area contributed by atoms with E-state index < -0.39 is 12.0 Å². The van der Waals surface area contributed by atoms with Gasteiger partial charge in [0.15, 0.2) is 5.82 Å². The minimum absolute atomic E-state index is 0.136. The Bertz CT molecular complexity index is 1520. The molecular weight excluding hydrogens is 488 g/mol. The third-order valence-electron chi connectivity index (χ3n) is 8.55. The topological polar surface area (TPSA) is 72.2 Å². The number of halogens is 2. The second-order valence-electron chi connectivity index (χ2n) is 10.9. The van der Waals surface area contributed by atoms with Gasteiger partial charge >= 0.3 is 6.01 Å². The lowest BCUT2D eigenvalue weighted by molar-refractivity contribution is 0.107. The van der Waals surface area contributed by atoms with E-state index in [0.717, 1.165) is 62.6 Å². The van der Waals surface area contributed by atoms with Crippen molar-refractivity contribution >= 4 is 27.6 Å². The summed E-state index contributed by atoms with van der Waals surface area (Å²) in [5.41, 5.74) is 1.54. The molecule has 2 atom stereocenters. The molecule has 3 fully saturated rings. The normalized spacial score (nSPS) is 24.0. The quantitative estimate of drug-likeness (QED) is 0.380. The molecule has 6 heterocycles. The van der Waals surface area contributed by atoms with E-state index in [0.29, 0.717) is 36.3 Å². The van der Waals surface area contributed by atoms with Crippen LogP contribution in [0.4, 0.5) is 14.6 Å². The monoisotopic (exact) mass is 519 g/mol. The van der Waals surface area contributed by atoms with E-state index in [-0.39, 0.29) is 22.8 Å². The number of pyridine rings is 1. The molecular formula is C28H31F2N7O. The zero-order valence-electron chi connectivity index (χ0n) is 21.5. The fourth-order valence-electron chi connectivity index (χ4n) is 6.69. The number of benzene rings is 1. The zero-order valence-corrected chi connectivity index (χ0v) is 21.5. The lowest BCUT2D eigenvalue weighted by atomic mass is 9.95. The van der Waals surface area contributed by atoms with E-state index in [1.165, 1.54) is 0 Å². The van der Waals surface area contributed by atoms with Crippen molar-refractivity contribution in [1.29, 1.82) is 0 Å². The van der Waals surface area contributed by atoms with Gasteiger partial charge in [-0.2, -0.15) is 15.1 Å². The van der Waals surface area contributed by atoms with Crippen LogP contribution in [0.15, 0.2) is 30.6 Å². The molecule has 0 amide bonds. The van der Waals surface area contributed by atoms with E-state index in [2.05, 4.69) is 24.9 Å². The number of hydrogen-bond acceptors (Lipinski definition) is 7. The highest BCUT2D eigenvalue weighted by atomic mass is 19.1. The van der Waals surface area contributed by atoms with Gasteiger partial charge in [-0.1, -0.05) is 18.2 Å². The number of anilines is 1. The van der Waals surface area contributed by atoms with Gasteiger partial charge in [0, 0.05) is 50.2 Å². The highest BCUT2D eigenvalue weighted by Gasteiger charge is 2.49. The Kier molecular flexibility index (Phi) is 5.68. The third kappa shape index (κ3) is 3.80. The molecule has 8 nitrogen and oxygen atoms in total. The van der Waals surface area contributed by atoms with E-state index in [4.69, 9.17) is 9.72 Å². The Morgan fingerprint density at radius 3 is 2.82 bits per heavy atom. The fourth-order valence-corrected chi connectivity index (χ4v) is 6.69. The average Bonchev–Trinajstić information content (AvgIpc) is 3.60. The molecule has 10 heteroatoms. The number of alkyl halides is 1. The molecule has 0 spiro atoms. The maximum atomic E-state index is 16.3. The number of aryl methyl sites for hydroxylation is 1. The molecule has 198 valence electrons. The van der Waals surface area contributed by atoms with Gasteiger partial charge in [-0.3, -0.25) is 14.6 Å². The Morgan fingerprint density at radius 2 is 1.95 bits per heavy atom. The van der Waals surface area contributed by atoms with Crippen molar-refractivity contribution in [3.63, 3.8) is 0 Å². The molecule has 4 aromatic rings. The second-order valence-corrected chi connectivity index (χ2v) is 10.9. The Hall–Kier alpha value is -3.40. The Balaban J connectivity index is 1.33. The Labute approximate surface area is 219 Å². The SMILES string of the molecule is Cn1ncc2cccc(-c3ncc4c(N5CCCCC5)nc(OCC56CCCN5C[C@H](F)C6)nc4c3F)c21. The highest BCUT2D eigenvalue weighted by molar-refractivity contribution is 5.97. The number of hydrogen-bond donors (Lipinski definition) is 0. The molecule has 3 aromatic heterocycles. The number of para-hydroxylation sites is 1. The third-order valence-corrected chi connectivity index (χ3v) is 8.55. The van der Waals surface area contributed by atoms with E-state index in [1.807, 2.05) is 25.2 Å². The van der Waals surface area contributed by atoms with E-state index in [1.54, 1.807) is 17.1 Å². The van der Waals surface area contributed by atoms with Gasteiger partial charge in [-0.15, -0.1) is 0 Å². The van der Waals surface area contributed by atoms with Crippen LogP contribution in [0.25, 0.3) is 33.1 Å². The Morgan fingerprint density at radius 1 is 1.08 bits per heavy atom. The number of piperidine rings is 1. The van der Waals surface area contributed by atoms with Crippen LogP contribution in [-0.2, 0) is 7.05 Å². The number of fused-ring (bicyclic) bond motifs is 3. The largest absolute Gasteiger partial charge is 0.461 e. The smallest absolute Gasteiger partial charge is 0.319 e. The van der Waals surface area contributed by atoms with Crippen molar-refractivity contribution in [2.75, 3.05) is 37.7 Å². The molecule has 3 aliphatic rings. The number of nitrogens with zero attached hydrogens (tertiary/aromatic N) is 7. The van der Waals surface area contributed by atoms with Crippen LogP contribution in [-0.4, -0.2) is 74.1 Å². The summed E-state index contributed by atoms with van der Waals surface area (Å²) in [5, 5.41) is 5.82. The van der Waals surface area contributed by atoms with E-state index >= 15 is 4.39 Å². The van der Waals surface area contributed by atoms with E-state index in [9.17, 15) is 4.39 Å². The number of ether oxygens (including phenoxy) is 1. The maximum Gasteiger partial charge on any atom is 0.319 e. The van der Waals surface area contributed by atoms with Crippen LogP contribution in [0.1, 0.15) is 38.5 Å². The lowest BCUT2D eigenvalue weighted by Gasteiger charge is -2.31. The van der Waals surface area contributed by atoms with Gasteiger partial charge in [0.1, 0.15) is 29.8 Å². The van der Waals surface area contributed by atoms with Gasteiger partial charge in [0.25, 0.3) is 0 Å². The predicted molar refractivity (Wildman–Crippen MR) is 142 cm³/mol. The first kappa shape index (κ1) is 23.7. The lowest BCUT2D eigenvalue weighted by Crippen LogP contribution is -2.43. The van der Waals surface area contributed by atoms with Crippen molar-refractivity contribution < 1.29 is 13.5 Å². The van der Waals surface area contributed by atoms with Crippen molar-refractivity contribution in [3.8, 4) is 17.3 Å². The van der Waals surface area contributed by atoms with Gasteiger partial charge in [-0.05, 0) is 38.6 Å². The van der Waals surface area contributed by atoms with Crippen LogP contribution in [0.5, 0.6) is 6.01 Å². The summed E-state index contributed by atoms with van der Waals surface area (Å²) in [7, 11) is 1.84. The molecule has 0 aliphatic carbocycles. The molecule has 0 radical (unpaired) electrons. The second kappa shape index (κ2) is 9.11. The van der Waals surface area contributed by atoms with Crippen LogP contribution in [0.2, 0.25) is 0 Å². The first-order chi connectivity index (χ1) is 18.5. The summed E-state index contributed by atoms with van der Waals surface area (Å²) in [6.45, 7) is 3.30. The zero-order chi connectivity index (χ0) is 25.9. The molecule has 3 aliphatic heterocycles. The van der Waals surface area contributed by atoms with Gasteiger partial charge < -0.3 is 9.64 Å². The molecule has 0 bridgehead atoms. The molecule has 38 heavy (non-hydrogen) atoms. The van der Waals surface area contributed by atoms with Crippen molar-refractivity contribution in [2.45, 2.75) is 50.2 Å². The van der Waals surface area contributed by atoms with Gasteiger partial charge in [0.2, 0.25) is 0 Å². The van der Waals surface area contributed by atoms with Crippen LogP contribution < -0.4 is 9.64 Å². The first-order valence-corrected chi connectivity index (χ1v) is 13.6. The molecule has 0 saturated carbocycles. The fraction of sp³-hybridized carbons (Fsp3) is 0.500. The van der Waals surface area contributed by atoms with Gasteiger partial charge in [-0.25, -0.2) is 8.78 Å². The maximum absolute atomic E-state index is 16.3. The number of aromatic nitrogens is 5. The summed E-state index contributed by atoms with van der Waals surface area (Å²) in [6, 6.07) is 5.82. The summed E-state index contributed by atoms with van der Waals surface area (Å²) in [6.07, 6.45) is 8.22. The van der Waals surface area contributed by atoms with Crippen LogP contribution in [0.3, 0.4) is 0 Å². The highest BCUT2D eigenvalue weighted by Crippen LogP contribution is 2.41. The van der Waals surface area contributed by atoms with Crippen molar-refractivity contribution in [3.05, 3.63) is 36.4 Å². The molecule has 0 N–H and O–H groups in total. The minimum atomic E-state index is -0.846. The van der Waals surface area contributed by atoms with Gasteiger partial charge in [0.05, 0.1) is 22.6 Å². The summed E-state index contributed by atoms with van der Waals surface area (Å²) in [5.74, 6) is 0.143.